The number of benzene rings is 2. The van der Waals surface area contributed by atoms with E-state index in [1.807, 2.05) is 6.07 Å². The van der Waals surface area contributed by atoms with E-state index in [0.717, 1.165) is 0 Å². The summed E-state index contributed by atoms with van der Waals surface area (Å²) in [6.45, 7) is 0. The first-order valence-electron chi connectivity index (χ1n) is 10.3. The van der Waals surface area contributed by atoms with Crippen LogP contribution in [-0.4, -0.2) is 35.7 Å². The van der Waals surface area contributed by atoms with Gasteiger partial charge in [0.1, 0.15) is 23.1 Å². The molecule has 0 aliphatic rings. The van der Waals surface area contributed by atoms with E-state index >= 15 is 0 Å². The van der Waals surface area contributed by atoms with Gasteiger partial charge in [0.15, 0.2) is 11.6 Å². The molecule has 3 aromatic heterocycles. The molecule has 1 amide bonds. The second-order valence-corrected chi connectivity index (χ2v) is 7.17. The van der Waals surface area contributed by atoms with Gasteiger partial charge < -0.3 is 10.4 Å². The van der Waals surface area contributed by atoms with Crippen molar-refractivity contribution in [1.29, 1.82) is 5.26 Å². The molecule has 168 valence electrons. The van der Waals surface area contributed by atoms with Crippen LogP contribution >= 0.6 is 0 Å². The van der Waals surface area contributed by atoms with Crippen LogP contribution in [-0.2, 0) is 0 Å². The Bertz CT molecular complexity index is 1610. The number of aromatic nitrogens is 5. The molecule has 0 saturated carbocycles. The van der Waals surface area contributed by atoms with Crippen LogP contribution in [0.5, 0.6) is 5.75 Å². The lowest BCUT2D eigenvalue weighted by Gasteiger charge is -2.11. The van der Waals surface area contributed by atoms with Crippen LogP contribution in [0.1, 0.15) is 15.9 Å². The van der Waals surface area contributed by atoms with E-state index in [1.54, 1.807) is 60.8 Å². The predicted octanol–water partition coefficient (Wildman–Crippen LogP) is 4.46. The molecular weight excluding hydrogens is 446 g/mol. The van der Waals surface area contributed by atoms with Crippen molar-refractivity contribution in [1.82, 2.24) is 24.7 Å². The molecule has 0 saturated heterocycles. The van der Waals surface area contributed by atoms with Crippen molar-refractivity contribution in [3.05, 3.63) is 90.5 Å². The largest absolute Gasteiger partial charge is 0.505 e. The molecule has 11 heteroatoms. The summed E-state index contributed by atoms with van der Waals surface area (Å²) < 4.78 is 1.26. The third kappa shape index (κ3) is 4.14. The van der Waals surface area contributed by atoms with Gasteiger partial charge in [0.2, 0.25) is 0 Å². The lowest BCUT2D eigenvalue weighted by atomic mass is 10.0. The number of phenolic OH excluding ortho intramolecular Hbond substituents is 1. The van der Waals surface area contributed by atoms with Crippen LogP contribution in [0.3, 0.4) is 0 Å². The minimum absolute atomic E-state index is 0.0105. The lowest BCUT2D eigenvalue weighted by molar-refractivity contribution is 0.102. The number of nitriles is 1. The SMILES string of the molecule is N#Cc1cnn(-c2ncccn2)c1N=Nc1c(O)c(C(=O)Nc2ccccn2)cc2ccccc12. The number of rotatable bonds is 5. The highest BCUT2D eigenvalue weighted by Gasteiger charge is 2.20. The van der Waals surface area contributed by atoms with Crippen molar-refractivity contribution < 1.29 is 9.90 Å². The van der Waals surface area contributed by atoms with Gasteiger partial charge in [-0.2, -0.15) is 15.0 Å². The Kier molecular flexibility index (Phi) is 5.59. The fraction of sp³-hybridized carbons (Fsp3) is 0. The van der Waals surface area contributed by atoms with Gasteiger partial charge in [-0.1, -0.05) is 30.3 Å². The van der Waals surface area contributed by atoms with E-state index in [0.29, 0.717) is 16.6 Å². The average Bonchev–Trinajstić information content (AvgIpc) is 3.32. The third-order valence-electron chi connectivity index (χ3n) is 5.00. The first kappa shape index (κ1) is 21.4. The summed E-state index contributed by atoms with van der Waals surface area (Å²) in [5.41, 5.74) is 0.178. The molecule has 0 aliphatic carbocycles. The van der Waals surface area contributed by atoms with Crippen LogP contribution in [0, 0.1) is 11.3 Å². The van der Waals surface area contributed by atoms with E-state index in [-0.39, 0.29) is 34.3 Å². The van der Waals surface area contributed by atoms with Crippen LogP contribution in [0.2, 0.25) is 0 Å². The Morgan fingerprint density at radius 3 is 2.54 bits per heavy atom. The van der Waals surface area contributed by atoms with Crippen molar-refractivity contribution >= 4 is 34.0 Å². The van der Waals surface area contributed by atoms with Crippen molar-refractivity contribution in [3.63, 3.8) is 0 Å². The zero-order valence-electron chi connectivity index (χ0n) is 17.9. The van der Waals surface area contributed by atoms with E-state index in [2.05, 4.69) is 35.6 Å². The van der Waals surface area contributed by atoms with E-state index in [1.165, 1.54) is 23.3 Å². The zero-order chi connectivity index (χ0) is 24.2. The number of hydrogen-bond donors (Lipinski definition) is 2. The van der Waals surface area contributed by atoms with Gasteiger partial charge in [-0.15, -0.1) is 10.2 Å². The smallest absolute Gasteiger partial charge is 0.260 e. The van der Waals surface area contributed by atoms with Gasteiger partial charge in [-0.3, -0.25) is 4.79 Å². The second kappa shape index (κ2) is 9.16. The molecule has 2 N–H and O–H groups in total. The van der Waals surface area contributed by atoms with Crippen molar-refractivity contribution in [2.75, 3.05) is 5.32 Å². The molecule has 5 rings (SSSR count). The molecule has 0 unspecified atom stereocenters. The number of azo groups is 1. The molecule has 0 spiro atoms. The highest BCUT2D eigenvalue weighted by molar-refractivity contribution is 6.11. The number of carbonyl (C=O) groups is 1. The number of anilines is 1. The number of phenols is 1. The Balaban J connectivity index is 1.61. The van der Waals surface area contributed by atoms with Gasteiger partial charge >= 0.3 is 0 Å². The molecule has 3 heterocycles. The number of nitrogens with zero attached hydrogens (tertiary/aromatic N) is 8. The Morgan fingerprint density at radius 2 is 1.77 bits per heavy atom. The molecule has 11 nitrogen and oxygen atoms in total. The van der Waals surface area contributed by atoms with Crippen LogP contribution in [0.4, 0.5) is 17.3 Å². The minimum Gasteiger partial charge on any atom is -0.505 e. The summed E-state index contributed by atoms with van der Waals surface area (Å²) in [7, 11) is 0. The number of pyridine rings is 1. The van der Waals surface area contributed by atoms with E-state index in [4.69, 9.17) is 0 Å². The van der Waals surface area contributed by atoms with Crippen molar-refractivity contribution in [2.45, 2.75) is 0 Å². The fourth-order valence-electron chi connectivity index (χ4n) is 3.37. The number of fused-ring (bicyclic) bond motifs is 1. The van der Waals surface area contributed by atoms with Crippen molar-refractivity contribution in [3.8, 4) is 17.8 Å². The molecular formula is C24H15N9O2. The minimum atomic E-state index is -0.566. The van der Waals surface area contributed by atoms with Crippen LogP contribution < -0.4 is 5.32 Å². The summed E-state index contributed by atoms with van der Waals surface area (Å²) in [6.07, 6.45) is 5.92. The monoisotopic (exact) mass is 461 g/mol. The van der Waals surface area contributed by atoms with Gasteiger partial charge in [-0.05, 0) is 29.7 Å². The summed E-state index contributed by atoms with van der Waals surface area (Å²) in [5.74, 6) is -0.338. The maximum Gasteiger partial charge on any atom is 0.260 e. The standard InChI is InChI=1S/C24H15N9O2/c25-13-16-14-29-33(24-27-10-5-11-28-24)22(16)32-31-20-17-7-2-1-6-15(17)12-18(21(20)34)23(35)30-19-8-3-4-9-26-19/h1-12,14,34H,(H,26,30,35). The quantitative estimate of drug-likeness (QED) is 0.366. The third-order valence-corrected chi connectivity index (χ3v) is 5.00. The van der Waals surface area contributed by atoms with Crippen LogP contribution in [0.15, 0.2) is 89.6 Å². The Hall–Kier alpha value is -5.50. The average molecular weight is 461 g/mol. The van der Waals surface area contributed by atoms with Crippen molar-refractivity contribution in [2.24, 2.45) is 10.2 Å². The van der Waals surface area contributed by atoms with Gasteiger partial charge in [-0.25, -0.2) is 15.0 Å². The first-order valence-corrected chi connectivity index (χ1v) is 10.3. The Labute approximate surface area is 198 Å². The van der Waals surface area contributed by atoms with E-state index in [9.17, 15) is 15.2 Å². The maximum atomic E-state index is 12.9. The first-order chi connectivity index (χ1) is 17.2. The fourth-order valence-corrected chi connectivity index (χ4v) is 3.37. The molecule has 0 atom stereocenters. The number of amides is 1. The summed E-state index contributed by atoms with van der Waals surface area (Å²) >= 11 is 0. The normalized spacial score (nSPS) is 10.9. The summed E-state index contributed by atoms with van der Waals surface area (Å²) in [6, 6.07) is 17.4. The Morgan fingerprint density at radius 1 is 1.00 bits per heavy atom. The maximum absolute atomic E-state index is 12.9. The molecule has 0 bridgehead atoms. The number of hydrogen-bond acceptors (Lipinski definition) is 9. The zero-order valence-corrected chi connectivity index (χ0v) is 17.9. The molecule has 5 aromatic rings. The predicted molar refractivity (Wildman–Crippen MR) is 126 cm³/mol. The van der Waals surface area contributed by atoms with Gasteiger partial charge in [0.05, 0.1) is 11.8 Å². The molecule has 0 radical (unpaired) electrons. The highest BCUT2D eigenvalue weighted by atomic mass is 16.3. The number of carbonyl (C=O) groups excluding carboxylic acids is 1. The summed E-state index contributed by atoms with van der Waals surface area (Å²) in [4.78, 5) is 25.3. The molecule has 2 aromatic carbocycles. The topological polar surface area (TPSA) is 154 Å². The van der Waals surface area contributed by atoms with E-state index < -0.39 is 5.91 Å². The van der Waals surface area contributed by atoms with Gasteiger partial charge in [0, 0.05) is 24.0 Å². The number of nitrogens with one attached hydrogen (secondary N) is 1. The number of aromatic hydroxyl groups is 1. The molecule has 0 fully saturated rings. The summed E-state index contributed by atoms with van der Waals surface area (Å²) in [5, 5.41) is 37.0. The molecule has 0 aliphatic heterocycles. The van der Waals surface area contributed by atoms with Crippen LogP contribution in [0.25, 0.3) is 16.7 Å². The lowest BCUT2D eigenvalue weighted by Crippen LogP contribution is -2.13. The second-order valence-electron chi connectivity index (χ2n) is 7.17. The highest BCUT2D eigenvalue weighted by Crippen LogP contribution is 2.40. The molecule has 35 heavy (non-hydrogen) atoms. The van der Waals surface area contributed by atoms with Gasteiger partial charge in [0.25, 0.3) is 11.9 Å².